The molecule has 17 heavy (non-hydrogen) atoms. The molecule has 0 fully saturated rings. The van der Waals surface area contributed by atoms with Crippen LogP contribution in [0.1, 0.15) is 33.6 Å². The highest BCUT2D eigenvalue weighted by molar-refractivity contribution is 5.82. The number of terminal acetylenes is 1. The first-order chi connectivity index (χ1) is 7.92. The second kappa shape index (κ2) is 7.55. The molecule has 0 radical (unpaired) electrons. The fraction of sp³-hybridized carbons (Fsp3) is 0.667. The first kappa shape index (κ1) is 15.3. The molecule has 2 amide bonds. The molecule has 0 aliphatic carbocycles. The highest BCUT2D eigenvalue weighted by atomic mass is 16.4. The number of carboxylic acids is 1. The lowest BCUT2D eigenvalue weighted by atomic mass is 10.0. The number of amides is 2. The minimum Gasteiger partial charge on any atom is -0.480 e. The third kappa shape index (κ3) is 5.81. The van der Waals surface area contributed by atoms with E-state index >= 15 is 0 Å². The number of carboxylic acid groups (broad SMARTS) is 1. The number of hydrogen-bond donors (Lipinski definition) is 3. The van der Waals surface area contributed by atoms with E-state index in [-0.39, 0.29) is 12.5 Å². The van der Waals surface area contributed by atoms with E-state index in [0.717, 1.165) is 6.42 Å². The van der Waals surface area contributed by atoms with Gasteiger partial charge < -0.3 is 15.7 Å². The predicted molar refractivity (Wildman–Crippen MR) is 65.5 cm³/mol. The van der Waals surface area contributed by atoms with Gasteiger partial charge in [0, 0.05) is 12.5 Å². The number of nitrogens with one attached hydrogen (secondary N) is 2. The minimum absolute atomic E-state index is 0.0136. The van der Waals surface area contributed by atoms with Gasteiger partial charge in [-0.05, 0) is 12.8 Å². The Morgan fingerprint density at radius 2 is 1.94 bits per heavy atom. The Labute approximate surface area is 102 Å². The van der Waals surface area contributed by atoms with Crippen molar-refractivity contribution < 1.29 is 14.7 Å². The molecule has 0 aromatic rings. The Kier molecular flexibility index (Phi) is 6.80. The maximum Gasteiger partial charge on any atom is 0.327 e. The lowest BCUT2D eigenvalue weighted by Crippen LogP contribution is -2.49. The topological polar surface area (TPSA) is 78.4 Å². The van der Waals surface area contributed by atoms with Crippen molar-refractivity contribution in [2.45, 2.75) is 45.7 Å². The molecule has 0 aliphatic rings. The second-order valence-corrected chi connectivity index (χ2v) is 4.09. The normalized spacial score (nSPS) is 15.2. The molecule has 0 spiro atoms. The number of urea groups is 1. The first-order valence-electron chi connectivity index (χ1n) is 5.65. The van der Waals surface area contributed by atoms with Crippen LogP contribution in [0.15, 0.2) is 0 Å². The lowest BCUT2D eigenvalue weighted by Gasteiger charge is -2.21. The van der Waals surface area contributed by atoms with Crippen molar-refractivity contribution in [2.75, 3.05) is 0 Å². The van der Waals surface area contributed by atoms with E-state index in [0.29, 0.717) is 5.92 Å². The molecule has 5 heteroatoms. The van der Waals surface area contributed by atoms with Crippen molar-refractivity contribution in [3.63, 3.8) is 0 Å². The van der Waals surface area contributed by atoms with Crippen LogP contribution < -0.4 is 10.6 Å². The lowest BCUT2D eigenvalue weighted by molar-refractivity contribution is -0.139. The van der Waals surface area contributed by atoms with Crippen LogP contribution in [-0.2, 0) is 4.79 Å². The van der Waals surface area contributed by atoms with Crippen LogP contribution in [0, 0.1) is 18.3 Å². The quantitative estimate of drug-likeness (QED) is 0.610. The van der Waals surface area contributed by atoms with Gasteiger partial charge in [-0.15, -0.1) is 12.3 Å². The van der Waals surface area contributed by atoms with E-state index in [1.165, 1.54) is 0 Å². The number of rotatable bonds is 6. The maximum absolute atomic E-state index is 11.5. The first-order valence-corrected chi connectivity index (χ1v) is 5.65. The van der Waals surface area contributed by atoms with Crippen molar-refractivity contribution in [2.24, 2.45) is 5.92 Å². The fourth-order valence-corrected chi connectivity index (χ4v) is 1.22. The molecule has 5 nitrogen and oxygen atoms in total. The van der Waals surface area contributed by atoms with Crippen LogP contribution in [0.3, 0.4) is 0 Å². The van der Waals surface area contributed by atoms with Gasteiger partial charge in [-0.1, -0.05) is 20.3 Å². The largest absolute Gasteiger partial charge is 0.480 e. The molecule has 3 unspecified atom stereocenters. The Hall–Kier alpha value is -1.70. The SMILES string of the molecule is C#CCC(NC(=O)NC(C)C(C)CC)C(=O)O. The summed E-state index contributed by atoms with van der Waals surface area (Å²) in [7, 11) is 0. The van der Waals surface area contributed by atoms with Gasteiger partial charge >= 0.3 is 12.0 Å². The van der Waals surface area contributed by atoms with E-state index < -0.39 is 18.0 Å². The molecule has 0 aliphatic heterocycles. The average Bonchev–Trinajstić information content (AvgIpc) is 2.26. The molecule has 0 heterocycles. The van der Waals surface area contributed by atoms with Gasteiger partial charge in [0.15, 0.2) is 0 Å². The highest BCUT2D eigenvalue weighted by Crippen LogP contribution is 2.06. The van der Waals surface area contributed by atoms with Crippen LogP contribution >= 0.6 is 0 Å². The average molecular weight is 240 g/mol. The summed E-state index contributed by atoms with van der Waals surface area (Å²) < 4.78 is 0. The maximum atomic E-state index is 11.5. The molecular formula is C12H20N2O3. The van der Waals surface area contributed by atoms with Crippen LogP contribution in [0.5, 0.6) is 0 Å². The summed E-state index contributed by atoms with van der Waals surface area (Å²) in [5.74, 6) is 1.42. The zero-order valence-corrected chi connectivity index (χ0v) is 10.5. The van der Waals surface area contributed by atoms with E-state index in [9.17, 15) is 9.59 Å². The number of carbonyl (C=O) groups is 2. The van der Waals surface area contributed by atoms with E-state index in [2.05, 4.69) is 16.6 Å². The van der Waals surface area contributed by atoms with Gasteiger partial charge in [0.1, 0.15) is 6.04 Å². The van der Waals surface area contributed by atoms with Crippen LogP contribution in [0.25, 0.3) is 0 Å². The third-order valence-corrected chi connectivity index (χ3v) is 2.78. The van der Waals surface area contributed by atoms with Crippen molar-refractivity contribution >= 4 is 12.0 Å². The molecule has 3 atom stereocenters. The smallest absolute Gasteiger partial charge is 0.327 e. The number of hydrogen-bond acceptors (Lipinski definition) is 2. The summed E-state index contributed by atoms with van der Waals surface area (Å²) in [6.07, 6.45) is 5.94. The minimum atomic E-state index is -1.13. The molecule has 0 bridgehead atoms. The fourth-order valence-electron chi connectivity index (χ4n) is 1.22. The Morgan fingerprint density at radius 3 is 2.35 bits per heavy atom. The van der Waals surface area contributed by atoms with Crippen molar-refractivity contribution in [1.29, 1.82) is 0 Å². The number of aliphatic carboxylic acids is 1. The molecule has 0 rings (SSSR count). The van der Waals surface area contributed by atoms with E-state index in [1.54, 1.807) is 0 Å². The molecule has 3 N–H and O–H groups in total. The Balaban J connectivity index is 4.24. The summed E-state index contributed by atoms with van der Waals surface area (Å²) in [6, 6.07) is -1.55. The summed E-state index contributed by atoms with van der Waals surface area (Å²) in [4.78, 5) is 22.3. The van der Waals surface area contributed by atoms with E-state index in [4.69, 9.17) is 11.5 Å². The van der Waals surface area contributed by atoms with Gasteiger partial charge in [-0.25, -0.2) is 9.59 Å². The van der Waals surface area contributed by atoms with Gasteiger partial charge in [-0.3, -0.25) is 0 Å². The molecular weight excluding hydrogens is 220 g/mol. The van der Waals surface area contributed by atoms with Crippen LogP contribution in [0.2, 0.25) is 0 Å². The summed E-state index contributed by atoms with van der Waals surface area (Å²) >= 11 is 0. The zero-order valence-electron chi connectivity index (χ0n) is 10.5. The second-order valence-electron chi connectivity index (χ2n) is 4.09. The molecule has 96 valence electrons. The van der Waals surface area contributed by atoms with Gasteiger partial charge in [0.2, 0.25) is 0 Å². The third-order valence-electron chi connectivity index (χ3n) is 2.78. The van der Waals surface area contributed by atoms with Gasteiger partial charge in [-0.2, -0.15) is 0 Å². The molecule has 0 aromatic heterocycles. The standard InChI is InChI=1S/C12H20N2O3/c1-5-7-10(11(15)16)14-12(17)13-9(4)8(3)6-2/h1,8-10H,6-7H2,2-4H3,(H,15,16)(H2,13,14,17). The van der Waals surface area contributed by atoms with Crippen molar-refractivity contribution in [3.05, 3.63) is 0 Å². The van der Waals surface area contributed by atoms with Crippen LogP contribution in [0.4, 0.5) is 4.79 Å². The Bertz CT molecular complexity index is 309. The highest BCUT2D eigenvalue weighted by Gasteiger charge is 2.20. The predicted octanol–water partition coefficient (Wildman–Crippen LogP) is 1.20. The summed E-state index contributed by atoms with van der Waals surface area (Å²) in [6.45, 7) is 5.92. The van der Waals surface area contributed by atoms with Gasteiger partial charge in [0.25, 0.3) is 0 Å². The van der Waals surface area contributed by atoms with Crippen molar-refractivity contribution in [3.8, 4) is 12.3 Å². The van der Waals surface area contributed by atoms with Crippen LogP contribution in [-0.4, -0.2) is 29.2 Å². The molecule has 0 aromatic carbocycles. The molecule has 0 saturated heterocycles. The molecule has 0 saturated carbocycles. The summed E-state index contributed by atoms with van der Waals surface area (Å²) in [5.41, 5.74) is 0. The van der Waals surface area contributed by atoms with Gasteiger partial charge in [0.05, 0.1) is 0 Å². The van der Waals surface area contributed by atoms with E-state index in [1.807, 2.05) is 20.8 Å². The number of carbonyl (C=O) groups excluding carboxylic acids is 1. The Morgan fingerprint density at radius 1 is 1.35 bits per heavy atom. The monoisotopic (exact) mass is 240 g/mol. The van der Waals surface area contributed by atoms with Crippen molar-refractivity contribution in [1.82, 2.24) is 10.6 Å². The zero-order chi connectivity index (χ0) is 13.4. The summed E-state index contributed by atoms with van der Waals surface area (Å²) in [5, 5.41) is 13.8.